The van der Waals surface area contributed by atoms with Crippen molar-refractivity contribution in [1.82, 2.24) is 4.57 Å². The molecule has 0 aliphatic carbocycles. The molecule has 10 aromatic carbocycles. The maximum absolute atomic E-state index is 2.46. The number of para-hydroxylation sites is 3. The number of aromatic nitrogens is 1. The lowest BCUT2D eigenvalue weighted by atomic mass is 9.89. The van der Waals surface area contributed by atoms with Crippen LogP contribution in [0.4, 0.5) is 17.1 Å². The van der Waals surface area contributed by atoms with Crippen molar-refractivity contribution in [2.45, 2.75) is 0 Å². The fraction of sp³-hybridized carbons (Fsp3) is 0. The molecule has 1 aromatic heterocycles. The predicted octanol–water partition coefficient (Wildman–Crippen LogP) is 15.6. The van der Waals surface area contributed by atoms with E-state index in [0.717, 1.165) is 28.3 Å². The summed E-state index contributed by atoms with van der Waals surface area (Å²) in [5.74, 6) is 0. The van der Waals surface area contributed by atoms with Gasteiger partial charge in [-0.1, -0.05) is 182 Å². The largest absolute Gasteiger partial charge is 0.310 e. The highest BCUT2D eigenvalue weighted by molar-refractivity contribution is 6.11. The first-order chi connectivity index (χ1) is 28.8. The van der Waals surface area contributed by atoms with E-state index in [1.54, 1.807) is 0 Å². The van der Waals surface area contributed by atoms with Crippen LogP contribution in [0.2, 0.25) is 0 Å². The molecular formula is C56H38N2. The van der Waals surface area contributed by atoms with Gasteiger partial charge in [0.15, 0.2) is 0 Å². The van der Waals surface area contributed by atoms with E-state index in [4.69, 9.17) is 0 Å². The summed E-state index contributed by atoms with van der Waals surface area (Å²) in [6.45, 7) is 0. The van der Waals surface area contributed by atoms with E-state index in [1.807, 2.05) is 0 Å². The van der Waals surface area contributed by atoms with Gasteiger partial charge < -0.3 is 9.47 Å². The molecule has 11 aromatic rings. The lowest BCUT2D eigenvalue weighted by Crippen LogP contribution is -2.11. The number of nitrogens with zero attached hydrogens (tertiary/aromatic N) is 2. The fourth-order valence-electron chi connectivity index (χ4n) is 8.96. The van der Waals surface area contributed by atoms with E-state index >= 15 is 0 Å². The van der Waals surface area contributed by atoms with Gasteiger partial charge in [0.05, 0.1) is 16.7 Å². The maximum atomic E-state index is 2.46. The molecule has 0 atom stereocenters. The van der Waals surface area contributed by atoms with Crippen molar-refractivity contribution in [3.8, 4) is 39.1 Å². The van der Waals surface area contributed by atoms with Crippen LogP contribution in [-0.2, 0) is 0 Å². The average molecular weight is 739 g/mol. The van der Waals surface area contributed by atoms with Crippen LogP contribution in [0.15, 0.2) is 231 Å². The summed E-state index contributed by atoms with van der Waals surface area (Å²) in [7, 11) is 0. The first kappa shape index (κ1) is 33.6. The first-order valence-corrected chi connectivity index (χ1v) is 19.9. The minimum absolute atomic E-state index is 1.09. The van der Waals surface area contributed by atoms with Gasteiger partial charge in [0.2, 0.25) is 0 Å². The summed E-state index contributed by atoms with van der Waals surface area (Å²) in [4.78, 5) is 2.40. The first-order valence-electron chi connectivity index (χ1n) is 19.9. The average Bonchev–Trinajstić information content (AvgIpc) is 3.63. The number of fused-ring (bicyclic) bond motifs is 5. The molecule has 11 rings (SSSR count). The van der Waals surface area contributed by atoms with Crippen LogP contribution in [0.1, 0.15) is 0 Å². The summed E-state index contributed by atoms with van der Waals surface area (Å²) in [5.41, 5.74) is 14.0. The molecular weight excluding hydrogens is 701 g/mol. The van der Waals surface area contributed by atoms with Gasteiger partial charge >= 0.3 is 0 Å². The lowest BCUT2D eigenvalue weighted by molar-refractivity contribution is 1.18. The number of hydrogen-bond donors (Lipinski definition) is 0. The smallest absolute Gasteiger partial charge is 0.0561 e. The van der Waals surface area contributed by atoms with Crippen LogP contribution in [0.5, 0.6) is 0 Å². The zero-order valence-corrected chi connectivity index (χ0v) is 31.8. The highest BCUT2D eigenvalue weighted by Crippen LogP contribution is 2.45. The Morgan fingerprint density at radius 1 is 0.293 bits per heavy atom. The van der Waals surface area contributed by atoms with Crippen LogP contribution >= 0.6 is 0 Å². The van der Waals surface area contributed by atoms with Crippen molar-refractivity contribution < 1.29 is 0 Å². The third kappa shape index (κ3) is 5.66. The molecule has 0 saturated carbocycles. The Hall–Kier alpha value is -7.68. The minimum Gasteiger partial charge on any atom is -0.310 e. The van der Waals surface area contributed by atoms with Gasteiger partial charge in [-0.05, 0) is 97.9 Å². The van der Waals surface area contributed by atoms with E-state index in [9.17, 15) is 0 Å². The predicted molar refractivity (Wildman–Crippen MR) is 247 cm³/mol. The van der Waals surface area contributed by atoms with Gasteiger partial charge in [0.25, 0.3) is 0 Å². The summed E-state index contributed by atoms with van der Waals surface area (Å²) in [5, 5.41) is 7.40. The molecule has 1 heterocycles. The quantitative estimate of drug-likeness (QED) is 0.158. The third-order valence-electron chi connectivity index (χ3n) is 11.6. The summed E-state index contributed by atoms with van der Waals surface area (Å²) in [6, 6.07) is 83.8. The Morgan fingerprint density at radius 3 is 1.59 bits per heavy atom. The third-order valence-corrected chi connectivity index (χ3v) is 11.6. The lowest BCUT2D eigenvalue weighted by Gasteiger charge is -2.28. The molecule has 0 aliphatic rings. The molecule has 0 fully saturated rings. The molecule has 2 heteroatoms. The van der Waals surface area contributed by atoms with Crippen LogP contribution in [-0.4, -0.2) is 4.57 Å². The Kier molecular flexibility index (Phi) is 8.19. The van der Waals surface area contributed by atoms with Gasteiger partial charge in [-0.2, -0.15) is 0 Å². The molecule has 0 spiro atoms. The van der Waals surface area contributed by atoms with Crippen LogP contribution in [0, 0.1) is 0 Å². The van der Waals surface area contributed by atoms with Gasteiger partial charge in [0, 0.05) is 33.4 Å². The van der Waals surface area contributed by atoms with Crippen molar-refractivity contribution in [2.75, 3.05) is 4.90 Å². The molecule has 0 bridgehead atoms. The Labute approximate surface area is 338 Å². The highest BCUT2D eigenvalue weighted by Gasteiger charge is 2.21. The second kappa shape index (κ2) is 14.1. The molecule has 2 nitrogen and oxygen atoms in total. The molecule has 0 N–H and O–H groups in total. The molecule has 0 amide bonds. The number of hydrogen-bond acceptors (Lipinski definition) is 1. The van der Waals surface area contributed by atoms with Crippen LogP contribution in [0.3, 0.4) is 0 Å². The Balaban J connectivity index is 1.18. The molecule has 0 radical (unpaired) electrons. The normalized spacial score (nSPS) is 11.4. The van der Waals surface area contributed by atoms with E-state index in [0.29, 0.717) is 0 Å². The molecule has 272 valence electrons. The van der Waals surface area contributed by atoms with Gasteiger partial charge in [0.1, 0.15) is 0 Å². The summed E-state index contributed by atoms with van der Waals surface area (Å²) < 4.78 is 2.46. The van der Waals surface area contributed by atoms with Crippen molar-refractivity contribution in [1.29, 1.82) is 0 Å². The Bertz CT molecular complexity index is 3280. The van der Waals surface area contributed by atoms with E-state index in [-0.39, 0.29) is 0 Å². The second-order valence-electron chi connectivity index (χ2n) is 14.9. The number of rotatable bonds is 7. The zero-order chi connectivity index (χ0) is 38.4. The number of anilines is 3. The summed E-state index contributed by atoms with van der Waals surface area (Å²) in [6.07, 6.45) is 0. The van der Waals surface area contributed by atoms with Crippen molar-refractivity contribution in [3.63, 3.8) is 0 Å². The standard InChI is InChI=1S/C56H38N2/c1-3-17-41(18-4-1)47-27-11-13-31-54(47)57(42-23-5-2-6-24-42)44-34-36-52-51-28-12-14-32-55(51)58(56(52)38-44)43-33-35-50(48-29-15-21-39-19-7-9-25-45(39)48)53(37-43)49-30-16-22-40-20-8-10-26-46(40)49/h1-38H. The van der Waals surface area contributed by atoms with Gasteiger partial charge in [-0.25, -0.2) is 0 Å². The molecule has 58 heavy (non-hydrogen) atoms. The van der Waals surface area contributed by atoms with Crippen molar-refractivity contribution in [2.24, 2.45) is 0 Å². The van der Waals surface area contributed by atoms with E-state index < -0.39 is 0 Å². The highest BCUT2D eigenvalue weighted by atomic mass is 15.1. The van der Waals surface area contributed by atoms with Crippen molar-refractivity contribution in [3.05, 3.63) is 231 Å². The second-order valence-corrected chi connectivity index (χ2v) is 14.9. The van der Waals surface area contributed by atoms with Crippen molar-refractivity contribution >= 4 is 60.4 Å². The minimum atomic E-state index is 1.09. The van der Waals surface area contributed by atoms with Crippen LogP contribution in [0.25, 0.3) is 82.4 Å². The van der Waals surface area contributed by atoms with Gasteiger partial charge in [-0.15, -0.1) is 0 Å². The van der Waals surface area contributed by atoms with E-state index in [2.05, 4.69) is 240 Å². The molecule has 0 saturated heterocycles. The molecule has 0 aliphatic heterocycles. The Morgan fingerprint density at radius 2 is 0.845 bits per heavy atom. The number of benzene rings is 10. The fourth-order valence-corrected chi connectivity index (χ4v) is 8.96. The summed E-state index contributed by atoms with van der Waals surface area (Å²) >= 11 is 0. The topological polar surface area (TPSA) is 8.17 Å². The van der Waals surface area contributed by atoms with E-state index in [1.165, 1.54) is 71.2 Å². The SMILES string of the molecule is c1ccc(-c2ccccc2N(c2ccccc2)c2ccc3c4ccccc4n(-c4ccc(-c5cccc6ccccc56)c(-c5cccc6ccccc56)c4)c3c2)cc1. The maximum Gasteiger partial charge on any atom is 0.0561 e. The zero-order valence-electron chi connectivity index (χ0n) is 31.8. The molecule has 0 unspecified atom stereocenters. The van der Waals surface area contributed by atoms with Gasteiger partial charge in [-0.3, -0.25) is 0 Å². The monoisotopic (exact) mass is 738 g/mol. The van der Waals surface area contributed by atoms with Crippen LogP contribution < -0.4 is 4.90 Å².